The molecule has 0 aliphatic heterocycles. The van der Waals surface area contributed by atoms with Crippen LogP contribution in [-0.2, 0) is 9.59 Å². The highest BCUT2D eigenvalue weighted by Gasteiger charge is 2.21. The van der Waals surface area contributed by atoms with Crippen LogP contribution in [0.1, 0.15) is 26.3 Å². The van der Waals surface area contributed by atoms with E-state index in [1.807, 2.05) is 19.9 Å². The number of anilines is 1. The van der Waals surface area contributed by atoms with E-state index in [0.717, 1.165) is 4.47 Å². The zero-order chi connectivity index (χ0) is 21.4. The Balaban J connectivity index is 1.96. The van der Waals surface area contributed by atoms with E-state index in [-0.39, 0.29) is 6.10 Å². The first-order chi connectivity index (χ1) is 13.8. The fourth-order valence-corrected chi connectivity index (χ4v) is 2.69. The van der Waals surface area contributed by atoms with Gasteiger partial charge in [0.25, 0.3) is 5.91 Å². The summed E-state index contributed by atoms with van der Waals surface area (Å²) in [5, 5.41) is 6.63. The van der Waals surface area contributed by atoms with Crippen LogP contribution in [0.5, 0.6) is 11.5 Å². The molecule has 2 rings (SSSR count). The topological polar surface area (TPSA) is 89.0 Å². The second-order valence-corrected chi connectivity index (χ2v) is 7.36. The maximum Gasteiger partial charge on any atom is 0.252 e. The second kappa shape index (κ2) is 10.6. The molecule has 0 bridgehead atoms. The van der Waals surface area contributed by atoms with Crippen molar-refractivity contribution in [3.8, 4) is 11.5 Å². The van der Waals surface area contributed by atoms with Crippen molar-refractivity contribution in [1.29, 1.82) is 0 Å². The number of nitrogens with one attached hydrogen (secondary N) is 2. The van der Waals surface area contributed by atoms with Crippen molar-refractivity contribution in [1.82, 2.24) is 5.43 Å². The van der Waals surface area contributed by atoms with Crippen molar-refractivity contribution in [2.75, 3.05) is 12.4 Å². The Labute approximate surface area is 178 Å². The standard InChI is InChI=1S/C21H24BrN3O4/c1-13(2)29-18-10-9-15(11-19(18)28-4)12-23-25-21(27)14(3)20(26)24-17-8-6-5-7-16(17)22/h5-14H,1-4H3,(H,24,26)(H,25,27). The molecule has 8 heteroatoms. The smallest absolute Gasteiger partial charge is 0.252 e. The zero-order valence-electron chi connectivity index (χ0n) is 16.7. The minimum atomic E-state index is -0.921. The van der Waals surface area contributed by atoms with E-state index in [2.05, 4.69) is 31.8 Å². The van der Waals surface area contributed by atoms with Crippen LogP contribution in [0.15, 0.2) is 52.0 Å². The number of hydrazone groups is 1. The third kappa shape index (κ3) is 6.60. The molecule has 0 aromatic heterocycles. The van der Waals surface area contributed by atoms with Crippen LogP contribution in [-0.4, -0.2) is 31.2 Å². The van der Waals surface area contributed by atoms with Crippen LogP contribution in [0.3, 0.4) is 0 Å². The summed E-state index contributed by atoms with van der Waals surface area (Å²) in [6.07, 6.45) is 1.49. The van der Waals surface area contributed by atoms with Crippen molar-refractivity contribution < 1.29 is 19.1 Å². The van der Waals surface area contributed by atoms with Gasteiger partial charge in [-0.1, -0.05) is 12.1 Å². The van der Waals surface area contributed by atoms with E-state index in [1.54, 1.807) is 43.5 Å². The highest BCUT2D eigenvalue weighted by Crippen LogP contribution is 2.28. The molecule has 0 aliphatic rings. The number of benzene rings is 2. The lowest BCUT2D eigenvalue weighted by atomic mass is 10.1. The quantitative estimate of drug-likeness (QED) is 0.353. The molecular formula is C21H24BrN3O4. The van der Waals surface area contributed by atoms with Gasteiger partial charge in [-0.3, -0.25) is 9.59 Å². The van der Waals surface area contributed by atoms with Crippen LogP contribution in [0.4, 0.5) is 5.69 Å². The van der Waals surface area contributed by atoms with Crippen molar-refractivity contribution in [2.45, 2.75) is 26.9 Å². The lowest BCUT2D eigenvalue weighted by molar-refractivity contribution is -0.131. The Kier molecular flexibility index (Phi) is 8.21. The minimum Gasteiger partial charge on any atom is -0.493 e. The number of para-hydroxylation sites is 1. The molecule has 2 aromatic carbocycles. The molecule has 2 N–H and O–H groups in total. The number of rotatable bonds is 8. The van der Waals surface area contributed by atoms with Gasteiger partial charge in [-0.15, -0.1) is 0 Å². The largest absolute Gasteiger partial charge is 0.493 e. The van der Waals surface area contributed by atoms with Gasteiger partial charge in [0.1, 0.15) is 5.92 Å². The molecule has 0 spiro atoms. The molecule has 0 heterocycles. The summed E-state index contributed by atoms with van der Waals surface area (Å²) in [5.74, 6) is -0.675. The van der Waals surface area contributed by atoms with E-state index in [1.165, 1.54) is 13.1 Å². The molecule has 7 nitrogen and oxygen atoms in total. The molecule has 0 radical (unpaired) electrons. The van der Waals surface area contributed by atoms with Crippen LogP contribution in [0.2, 0.25) is 0 Å². The summed E-state index contributed by atoms with van der Waals surface area (Å²) in [6.45, 7) is 5.37. The average Bonchev–Trinajstić information content (AvgIpc) is 2.69. The van der Waals surface area contributed by atoms with Crippen molar-refractivity contribution in [3.63, 3.8) is 0 Å². The fraction of sp³-hybridized carbons (Fsp3) is 0.286. The number of hydrogen-bond donors (Lipinski definition) is 2. The van der Waals surface area contributed by atoms with E-state index < -0.39 is 17.7 Å². The van der Waals surface area contributed by atoms with Gasteiger partial charge in [0.2, 0.25) is 5.91 Å². The van der Waals surface area contributed by atoms with Gasteiger partial charge in [0, 0.05) is 4.47 Å². The van der Waals surface area contributed by atoms with E-state index >= 15 is 0 Å². The molecule has 0 saturated heterocycles. The predicted octanol–water partition coefficient (Wildman–Crippen LogP) is 3.97. The lowest BCUT2D eigenvalue weighted by Gasteiger charge is -2.13. The average molecular weight is 462 g/mol. The molecule has 1 atom stereocenters. The van der Waals surface area contributed by atoms with Crippen molar-refractivity contribution in [2.24, 2.45) is 11.0 Å². The highest BCUT2D eigenvalue weighted by atomic mass is 79.9. The third-order valence-corrected chi connectivity index (χ3v) is 4.55. The molecule has 2 amide bonds. The van der Waals surface area contributed by atoms with Crippen LogP contribution >= 0.6 is 15.9 Å². The van der Waals surface area contributed by atoms with Crippen LogP contribution in [0.25, 0.3) is 0 Å². The Morgan fingerprint density at radius 1 is 1.07 bits per heavy atom. The number of ether oxygens (including phenoxy) is 2. The fourth-order valence-electron chi connectivity index (χ4n) is 2.31. The Morgan fingerprint density at radius 3 is 2.45 bits per heavy atom. The van der Waals surface area contributed by atoms with Gasteiger partial charge in [-0.25, -0.2) is 5.43 Å². The van der Waals surface area contributed by atoms with Gasteiger partial charge in [0.05, 0.1) is 25.1 Å². The summed E-state index contributed by atoms with van der Waals surface area (Å²) in [4.78, 5) is 24.5. The van der Waals surface area contributed by atoms with Crippen molar-refractivity contribution in [3.05, 3.63) is 52.5 Å². The van der Waals surface area contributed by atoms with E-state index in [4.69, 9.17) is 9.47 Å². The molecule has 154 valence electrons. The van der Waals surface area contributed by atoms with E-state index in [0.29, 0.717) is 22.7 Å². The van der Waals surface area contributed by atoms with Crippen molar-refractivity contribution >= 4 is 39.6 Å². The molecular weight excluding hydrogens is 438 g/mol. The number of nitrogens with zero attached hydrogens (tertiary/aromatic N) is 1. The summed E-state index contributed by atoms with van der Waals surface area (Å²) in [7, 11) is 1.55. The monoisotopic (exact) mass is 461 g/mol. The SMILES string of the molecule is COc1cc(C=NNC(=O)C(C)C(=O)Nc2ccccc2Br)ccc1OC(C)C. The first-order valence-electron chi connectivity index (χ1n) is 9.04. The van der Waals surface area contributed by atoms with Crippen LogP contribution < -0.4 is 20.2 Å². The number of hydrogen-bond acceptors (Lipinski definition) is 5. The van der Waals surface area contributed by atoms with Gasteiger partial charge in [-0.2, -0.15) is 5.10 Å². The number of carbonyl (C=O) groups is 2. The first kappa shape index (κ1) is 22.4. The third-order valence-electron chi connectivity index (χ3n) is 3.86. The van der Waals surface area contributed by atoms with Gasteiger partial charge in [0.15, 0.2) is 11.5 Å². The minimum absolute atomic E-state index is 0.0202. The maximum absolute atomic E-state index is 12.3. The lowest BCUT2D eigenvalue weighted by Crippen LogP contribution is -2.34. The second-order valence-electron chi connectivity index (χ2n) is 6.50. The van der Waals surface area contributed by atoms with Gasteiger partial charge in [-0.05, 0) is 72.6 Å². The first-order valence-corrected chi connectivity index (χ1v) is 9.84. The molecule has 0 aliphatic carbocycles. The van der Waals surface area contributed by atoms with Gasteiger partial charge >= 0.3 is 0 Å². The maximum atomic E-state index is 12.3. The van der Waals surface area contributed by atoms with Crippen LogP contribution in [0, 0.1) is 5.92 Å². The summed E-state index contributed by atoms with van der Waals surface area (Å²) >= 11 is 3.35. The van der Waals surface area contributed by atoms with E-state index in [9.17, 15) is 9.59 Å². The Bertz CT molecular complexity index is 899. The molecule has 0 fully saturated rings. The number of methoxy groups -OCH3 is 1. The molecule has 1 unspecified atom stereocenters. The number of amides is 2. The number of halogens is 1. The molecule has 0 saturated carbocycles. The Morgan fingerprint density at radius 2 is 1.79 bits per heavy atom. The predicted molar refractivity (Wildman–Crippen MR) is 116 cm³/mol. The van der Waals surface area contributed by atoms with Gasteiger partial charge < -0.3 is 14.8 Å². The summed E-state index contributed by atoms with van der Waals surface area (Å²) < 4.78 is 11.7. The summed E-state index contributed by atoms with van der Waals surface area (Å²) in [6, 6.07) is 12.5. The highest BCUT2D eigenvalue weighted by molar-refractivity contribution is 9.10. The zero-order valence-corrected chi connectivity index (χ0v) is 18.3. The number of carbonyl (C=O) groups excluding carboxylic acids is 2. The summed E-state index contributed by atoms with van der Waals surface area (Å²) in [5.41, 5.74) is 3.69. The normalized spacial score (nSPS) is 11.9. The molecule has 2 aromatic rings. The molecule has 29 heavy (non-hydrogen) atoms. The Hall–Kier alpha value is -2.87.